The molecule has 3 N–H and O–H groups in total. The van der Waals surface area contributed by atoms with Crippen LogP contribution in [-0.4, -0.2) is 23.2 Å². The zero-order valence-electron chi connectivity index (χ0n) is 10.6. The topological polar surface area (TPSA) is 78.8 Å². The number of phenolic OH excluding ortho intramolecular Hbond substituents is 2. The number of ether oxygens (including phenoxy) is 1. The minimum atomic E-state index is -0.529. The molecule has 2 aromatic rings. The zero-order valence-corrected chi connectivity index (χ0v) is 12.1. The Kier molecular flexibility index (Phi) is 4.14. The fourth-order valence-electron chi connectivity index (χ4n) is 1.67. The van der Waals surface area contributed by atoms with Crippen molar-refractivity contribution in [3.63, 3.8) is 0 Å². The largest absolute Gasteiger partial charge is 0.504 e. The maximum absolute atomic E-state index is 12.1. The van der Waals surface area contributed by atoms with Crippen molar-refractivity contribution in [3.05, 3.63) is 46.4 Å². The Morgan fingerprint density at radius 3 is 2.70 bits per heavy atom. The summed E-state index contributed by atoms with van der Waals surface area (Å²) in [7, 11) is 1.52. The molecule has 2 aromatic carbocycles. The van der Waals surface area contributed by atoms with Gasteiger partial charge in [0, 0.05) is 16.2 Å². The summed E-state index contributed by atoms with van der Waals surface area (Å²) in [5.74, 6) is -0.746. The molecule has 6 heteroatoms. The smallest absolute Gasteiger partial charge is 0.259 e. The van der Waals surface area contributed by atoms with Gasteiger partial charge in [-0.15, -0.1) is 0 Å². The van der Waals surface area contributed by atoms with Crippen molar-refractivity contribution >= 4 is 27.5 Å². The van der Waals surface area contributed by atoms with Gasteiger partial charge in [0.1, 0.15) is 5.75 Å². The van der Waals surface area contributed by atoms with Crippen molar-refractivity contribution in [2.75, 3.05) is 12.4 Å². The lowest BCUT2D eigenvalue weighted by Gasteiger charge is -2.09. The Morgan fingerprint density at radius 1 is 1.25 bits per heavy atom. The number of carbonyl (C=O) groups excluding carboxylic acids is 1. The molecule has 0 aromatic heterocycles. The second-order valence-electron chi connectivity index (χ2n) is 4.01. The zero-order chi connectivity index (χ0) is 14.7. The Balaban J connectivity index is 2.28. The van der Waals surface area contributed by atoms with Crippen LogP contribution in [0, 0.1) is 0 Å². The van der Waals surface area contributed by atoms with Gasteiger partial charge in [-0.05, 0) is 24.3 Å². The quantitative estimate of drug-likeness (QED) is 0.752. The lowest BCUT2D eigenvalue weighted by molar-refractivity contribution is 0.102. The number of hydrogen-bond donors (Lipinski definition) is 3. The first kappa shape index (κ1) is 14.2. The number of aromatic hydroxyl groups is 2. The number of hydrogen-bond acceptors (Lipinski definition) is 4. The molecule has 0 saturated heterocycles. The van der Waals surface area contributed by atoms with Crippen LogP contribution in [0.25, 0.3) is 0 Å². The number of rotatable bonds is 3. The number of carbonyl (C=O) groups is 1. The molecular formula is C14H12BrNO4. The highest BCUT2D eigenvalue weighted by Gasteiger charge is 2.14. The average molecular weight is 338 g/mol. The van der Waals surface area contributed by atoms with Gasteiger partial charge in [-0.25, -0.2) is 0 Å². The van der Waals surface area contributed by atoms with Crippen molar-refractivity contribution < 1.29 is 19.7 Å². The number of anilines is 1. The molecule has 2 rings (SSSR count). The molecule has 0 fully saturated rings. The van der Waals surface area contributed by atoms with Gasteiger partial charge >= 0.3 is 0 Å². The fourth-order valence-corrected chi connectivity index (χ4v) is 2.14. The van der Waals surface area contributed by atoms with E-state index >= 15 is 0 Å². The molecule has 0 saturated carbocycles. The normalized spacial score (nSPS) is 10.1. The molecule has 0 spiro atoms. The molecule has 0 aliphatic rings. The highest BCUT2D eigenvalue weighted by Crippen LogP contribution is 2.30. The first-order valence-corrected chi connectivity index (χ1v) is 6.47. The molecule has 0 unspecified atom stereocenters. The van der Waals surface area contributed by atoms with Crippen molar-refractivity contribution in [2.45, 2.75) is 0 Å². The minimum Gasteiger partial charge on any atom is -0.504 e. The van der Waals surface area contributed by atoms with Crippen molar-refractivity contribution in [1.29, 1.82) is 0 Å². The van der Waals surface area contributed by atoms with Gasteiger partial charge in [0.15, 0.2) is 11.5 Å². The van der Waals surface area contributed by atoms with Gasteiger partial charge in [0.25, 0.3) is 5.91 Å². The van der Waals surface area contributed by atoms with Crippen molar-refractivity contribution in [2.24, 2.45) is 0 Å². The van der Waals surface area contributed by atoms with Gasteiger partial charge < -0.3 is 20.3 Å². The number of benzene rings is 2. The average Bonchev–Trinajstić information content (AvgIpc) is 2.41. The van der Waals surface area contributed by atoms with Gasteiger partial charge in [-0.1, -0.05) is 22.0 Å². The van der Waals surface area contributed by atoms with E-state index in [0.717, 1.165) is 4.47 Å². The lowest BCUT2D eigenvalue weighted by atomic mass is 10.1. The van der Waals surface area contributed by atoms with Crippen LogP contribution >= 0.6 is 15.9 Å². The van der Waals surface area contributed by atoms with Crippen LogP contribution in [0.5, 0.6) is 17.2 Å². The summed E-state index contributed by atoms with van der Waals surface area (Å²) in [6, 6.07) is 9.28. The third kappa shape index (κ3) is 3.03. The summed E-state index contributed by atoms with van der Waals surface area (Å²) in [4.78, 5) is 12.1. The molecule has 0 radical (unpaired) electrons. The van der Waals surface area contributed by atoms with Crippen LogP contribution in [-0.2, 0) is 0 Å². The van der Waals surface area contributed by atoms with Gasteiger partial charge in [-0.3, -0.25) is 4.79 Å². The summed E-state index contributed by atoms with van der Waals surface area (Å²) >= 11 is 3.31. The predicted octanol–water partition coefficient (Wildman–Crippen LogP) is 3.12. The first-order chi connectivity index (χ1) is 9.51. The Hall–Kier alpha value is -2.21. The Morgan fingerprint density at radius 2 is 2.00 bits per heavy atom. The number of amides is 1. The first-order valence-electron chi connectivity index (χ1n) is 5.68. The Labute approximate surface area is 123 Å². The standard InChI is InChI=1S/C14H12BrNO4/c1-20-10-6-8(15)5-9(7-10)16-14(19)11-3-2-4-12(17)13(11)18/h2-7,17-18H,1H3,(H,16,19). The second kappa shape index (κ2) is 5.83. The molecule has 20 heavy (non-hydrogen) atoms. The maximum atomic E-state index is 12.1. The number of nitrogens with one attached hydrogen (secondary N) is 1. The van der Waals surface area contributed by atoms with Gasteiger partial charge in [0.05, 0.1) is 12.7 Å². The van der Waals surface area contributed by atoms with E-state index in [1.807, 2.05) is 0 Å². The monoisotopic (exact) mass is 337 g/mol. The lowest BCUT2D eigenvalue weighted by Crippen LogP contribution is -2.12. The summed E-state index contributed by atoms with van der Waals surface area (Å²) in [6.45, 7) is 0. The van der Waals surface area contributed by atoms with Crippen molar-refractivity contribution in [3.8, 4) is 17.2 Å². The number of methoxy groups -OCH3 is 1. The minimum absolute atomic E-state index is 0.0102. The summed E-state index contributed by atoms with van der Waals surface area (Å²) in [5.41, 5.74) is 0.493. The van der Waals surface area contributed by atoms with E-state index < -0.39 is 11.7 Å². The molecule has 0 bridgehead atoms. The second-order valence-corrected chi connectivity index (χ2v) is 4.92. The van der Waals surface area contributed by atoms with Crippen LogP contribution in [0.15, 0.2) is 40.9 Å². The molecule has 104 valence electrons. The van der Waals surface area contributed by atoms with E-state index in [-0.39, 0.29) is 11.3 Å². The van der Waals surface area contributed by atoms with E-state index in [4.69, 9.17) is 4.74 Å². The highest BCUT2D eigenvalue weighted by atomic mass is 79.9. The summed E-state index contributed by atoms with van der Waals surface area (Å²) in [6.07, 6.45) is 0. The Bertz CT molecular complexity index is 658. The third-order valence-electron chi connectivity index (χ3n) is 2.62. The van der Waals surface area contributed by atoms with Crippen LogP contribution < -0.4 is 10.1 Å². The van der Waals surface area contributed by atoms with Gasteiger partial charge in [0.2, 0.25) is 0 Å². The number of para-hydroxylation sites is 1. The number of halogens is 1. The molecular weight excluding hydrogens is 326 g/mol. The van der Waals surface area contributed by atoms with E-state index in [0.29, 0.717) is 11.4 Å². The van der Waals surface area contributed by atoms with Crippen LogP contribution in [0.1, 0.15) is 10.4 Å². The third-order valence-corrected chi connectivity index (χ3v) is 3.08. The number of phenols is 2. The highest BCUT2D eigenvalue weighted by molar-refractivity contribution is 9.10. The molecule has 0 aliphatic carbocycles. The van der Waals surface area contributed by atoms with E-state index in [1.54, 1.807) is 18.2 Å². The summed E-state index contributed by atoms with van der Waals surface area (Å²) in [5, 5.41) is 21.7. The summed E-state index contributed by atoms with van der Waals surface area (Å²) < 4.78 is 5.84. The van der Waals surface area contributed by atoms with Crippen molar-refractivity contribution in [1.82, 2.24) is 0 Å². The van der Waals surface area contributed by atoms with Gasteiger partial charge in [-0.2, -0.15) is 0 Å². The molecule has 0 aliphatic heterocycles. The molecule has 1 amide bonds. The van der Waals surface area contributed by atoms with E-state index in [9.17, 15) is 15.0 Å². The van der Waals surface area contributed by atoms with E-state index in [1.165, 1.54) is 25.3 Å². The molecule has 0 atom stereocenters. The fraction of sp³-hybridized carbons (Fsp3) is 0.0714. The van der Waals surface area contributed by atoms with Crippen LogP contribution in [0.2, 0.25) is 0 Å². The molecule has 0 heterocycles. The van der Waals surface area contributed by atoms with E-state index in [2.05, 4.69) is 21.2 Å². The van der Waals surface area contributed by atoms with Crippen LogP contribution in [0.3, 0.4) is 0 Å². The predicted molar refractivity (Wildman–Crippen MR) is 78.4 cm³/mol. The SMILES string of the molecule is COc1cc(Br)cc(NC(=O)c2cccc(O)c2O)c1. The maximum Gasteiger partial charge on any atom is 0.259 e. The van der Waals surface area contributed by atoms with Crippen LogP contribution in [0.4, 0.5) is 5.69 Å². The molecule has 5 nitrogen and oxygen atoms in total.